The van der Waals surface area contributed by atoms with Crippen LogP contribution in [-0.2, 0) is 22.9 Å². The zero-order valence-electron chi connectivity index (χ0n) is 6.85. The van der Waals surface area contributed by atoms with Crippen LogP contribution in [0, 0.1) is 6.92 Å². The number of hydrogen-bond acceptors (Lipinski definition) is 3. The maximum absolute atomic E-state index is 10.5. The van der Waals surface area contributed by atoms with Gasteiger partial charge in [-0.05, 0) is 13.0 Å². The number of aromatic nitrogens is 2. The Kier molecular flexibility index (Phi) is 2.20. The fourth-order valence-electron chi connectivity index (χ4n) is 0.986. The normalized spacial score (nSPS) is 11.9. The lowest BCUT2D eigenvalue weighted by atomic mass is 10.4. The van der Waals surface area contributed by atoms with Gasteiger partial charge in [0, 0.05) is 7.05 Å². The van der Waals surface area contributed by atoms with Crippen molar-refractivity contribution in [1.29, 1.82) is 0 Å². The smallest absolute Gasteiger partial charge is 0.270 e. The molecule has 0 aliphatic carbocycles. The lowest BCUT2D eigenvalue weighted by Crippen LogP contribution is -2.06. The fraction of sp³-hybridized carbons (Fsp3) is 0.500. The minimum absolute atomic E-state index is 0.385. The third-order valence-corrected chi connectivity index (χ3v) is 2.09. The first-order valence-corrected chi connectivity index (χ1v) is 4.94. The van der Waals surface area contributed by atoms with Crippen LogP contribution in [0.1, 0.15) is 11.4 Å². The molecule has 0 aromatic carbocycles. The minimum atomic E-state index is -3.95. The van der Waals surface area contributed by atoms with Crippen molar-refractivity contribution >= 4 is 10.1 Å². The van der Waals surface area contributed by atoms with E-state index in [0.29, 0.717) is 5.69 Å². The van der Waals surface area contributed by atoms with Crippen molar-refractivity contribution in [3.05, 3.63) is 17.5 Å². The second-order valence-electron chi connectivity index (χ2n) is 2.63. The minimum Gasteiger partial charge on any atom is -0.285 e. The van der Waals surface area contributed by atoms with Gasteiger partial charge in [-0.3, -0.25) is 9.23 Å². The fourth-order valence-corrected chi connectivity index (χ4v) is 1.63. The molecular weight excluding hydrogens is 180 g/mol. The molecule has 0 bridgehead atoms. The highest BCUT2D eigenvalue weighted by Crippen LogP contribution is 2.05. The van der Waals surface area contributed by atoms with Crippen LogP contribution in [-0.4, -0.2) is 22.8 Å². The van der Waals surface area contributed by atoms with E-state index in [1.54, 1.807) is 20.0 Å². The van der Waals surface area contributed by atoms with Crippen LogP contribution in [0.25, 0.3) is 0 Å². The highest BCUT2D eigenvalue weighted by Gasteiger charge is 2.10. The second-order valence-corrected chi connectivity index (χ2v) is 4.08. The van der Waals surface area contributed by atoms with Crippen LogP contribution in [0.15, 0.2) is 6.07 Å². The summed E-state index contributed by atoms with van der Waals surface area (Å²) in [6, 6.07) is 1.62. The highest BCUT2D eigenvalue weighted by atomic mass is 32.2. The second kappa shape index (κ2) is 2.87. The Morgan fingerprint density at radius 1 is 1.67 bits per heavy atom. The Balaban J connectivity index is 2.97. The summed E-state index contributed by atoms with van der Waals surface area (Å²) in [7, 11) is -2.31. The van der Waals surface area contributed by atoms with E-state index < -0.39 is 10.1 Å². The summed E-state index contributed by atoms with van der Waals surface area (Å²) >= 11 is 0. The first-order chi connectivity index (χ1) is 5.38. The summed E-state index contributed by atoms with van der Waals surface area (Å²) in [6.07, 6.45) is 0. The predicted octanol–water partition coefficient (Wildman–Crippen LogP) is 0.116. The lowest BCUT2D eigenvalue weighted by molar-refractivity contribution is 0.480. The van der Waals surface area contributed by atoms with Gasteiger partial charge in [0.1, 0.15) is 5.75 Å². The van der Waals surface area contributed by atoms with E-state index >= 15 is 0 Å². The molecule has 1 rings (SSSR count). The Morgan fingerprint density at radius 3 is 2.58 bits per heavy atom. The van der Waals surface area contributed by atoms with Gasteiger partial charge in [-0.2, -0.15) is 13.5 Å². The van der Waals surface area contributed by atoms with Gasteiger partial charge in [-0.1, -0.05) is 0 Å². The van der Waals surface area contributed by atoms with Crippen molar-refractivity contribution in [1.82, 2.24) is 9.78 Å². The van der Waals surface area contributed by atoms with Gasteiger partial charge in [-0.25, -0.2) is 0 Å². The third kappa shape index (κ3) is 2.31. The molecule has 0 saturated heterocycles. The van der Waals surface area contributed by atoms with Gasteiger partial charge < -0.3 is 0 Å². The highest BCUT2D eigenvalue weighted by molar-refractivity contribution is 7.85. The van der Waals surface area contributed by atoms with Gasteiger partial charge in [0.15, 0.2) is 0 Å². The predicted molar refractivity (Wildman–Crippen MR) is 43.2 cm³/mol. The van der Waals surface area contributed by atoms with Crippen LogP contribution in [0.2, 0.25) is 0 Å². The first kappa shape index (κ1) is 9.21. The number of nitrogens with zero attached hydrogens (tertiary/aromatic N) is 2. The molecule has 0 radical (unpaired) electrons. The molecule has 1 N–H and O–H groups in total. The molecule has 0 spiro atoms. The number of aryl methyl sites for hydroxylation is 2. The molecule has 0 atom stereocenters. The first-order valence-electron chi connectivity index (χ1n) is 3.33. The van der Waals surface area contributed by atoms with E-state index in [9.17, 15) is 8.42 Å². The molecule has 1 aromatic rings. The van der Waals surface area contributed by atoms with Gasteiger partial charge >= 0.3 is 0 Å². The van der Waals surface area contributed by atoms with E-state index in [1.165, 1.54) is 4.68 Å². The molecule has 0 unspecified atom stereocenters. The van der Waals surface area contributed by atoms with Crippen molar-refractivity contribution in [2.45, 2.75) is 12.7 Å². The summed E-state index contributed by atoms with van der Waals surface area (Å²) in [5, 5.41) is 3.94. The summed E-state index contributed by atoms with van der Waals surface area (Å²) in [6.45, 7) is 1.76. The molecular formula is C6H10N2O3S. The Morgan fingerprint density at radius 2 is 2.25 bits per heavy atom. The third-order valence-electron chi connectivity index (χ3n) is 1.43. The molecule has 0 amide bonds. The molecule has 6 heteroatoms. The van der Waals surface area contributed by atoms with Crippen LogP contribution in [0.3, 0.4) is 0 Å². The van der Waals surface area contributed by atoms with Crippen molar-refractivity contribution in [2.75, 3.05) is 0 Å². The topological polar surface area (TPSA) is 72.2 Å². The summed E-state index contributed by atoms with van der Waals surface area (Å²) < 4.78 is 30.9. The number of rotatable bonds is 2. The zero-order chi connectivity index (χ0) is 9.35. The molecule has 0 aliphatic heterocycles. The zero-order valence-corrected chi connectivity index (χ0v) is 7.67. The van der Waals surface area contributed by atoms with Crippen molar-refractivity contribution in [3.63, 3.8) is 0 Å². The maximum Gasteiger partial charge on any atom is 0.270 e. The van der Waals surface area contributed by atoms with Crippen molar-refractivity contribution < 1.29 is 13.0 Å². The molecule has 1 heterocycles. The standard InChI is InChI=1S/C6H10N2O3S/c1-5-3-6(8(2)7-5)4-12(9,10)11/h3H,4H2,1-2H3,(H,9,10,11). The van der Waals surface area contributed by atoms with Gasteiger partial charge in [0.25, 0.3) is 10.1 Å². The van der Waals surface area contributed by atoms with Crippen molar-refractivity contribution in [3.8, 4) is 0 Å². The molecule has 0 aliphatic rings. The SMILES string of the molecule is Cc1cc(CS(=O)(=O)O)n(C)n1. The Hall–Kier alpha value is -0.880. The molecule has 0 fully saturated rings. The lowest BCUT2D eigenvalue weighted by Gasteiger charge is -1.96. The van der Waals surface area contributed by atoms with Crippen LogP contribution in [0.4, 0.5) is 0 Å². The average molecular weight is 190 g/mol. The summed E-state index contributed by atoms with van der Waals surface area (Å²) in [5.74, 6) is -0.385. The molecule has 0 saturated carbocycles. The molecule has 5 nitrogen and oxygen atoms in total. The quantitative estimate of drug-likeness (QED) is 0.672. The van der Waals surface area contributed by atoms with Crippen LogP contribution >= 0.6 is 0 Å². The number of hydrogen-bond donors (Lipinski definition) is 1. The Labute approximate surface area is 70.8 Å². The molecule has 68 valence electrons. The van der Waals surface area contributed by atoms with Crippen molar-refractivity contribution in [2.24, 2.45) is 7.05 Å². The van der Waals surface area contributed by atoms with Gasteiger partial charge in [-0.15, -0.1) is 0 Å². The van der Waals surface area contributed by atoms with E-state index in [0.717, 1.165) is 5.69 Å². The summed E-state index contributed by atoms with van der Waals surface area (Å²) in [4.78, 5) is 0. The average Bonchev–Trinajstić information content (AvgIpc) is 2.06. The van der Waals surface area contributed by atoms with Gasteiger partial charge in [0.05, 0.1) is 11.4 Å². The molecule has 12 heavy (non-hydrogen) atoms. The monoisotopic (exact) mass is 190 g/mol. The van der Waals surface area contributed by atoms with E-state index in [4.69, 9.17) is 4.55 Å². The van der Waals surface area contributed by atoms with E-state index in [2.05, 4.69) is 5.10 Å². The largest absolute Gasteiger partial charge is 0.285 e. The van der Waals surface area contributed by atoms with Crippen LogP contribution < -0.4 is 0 Å². The van der Waals surface area contributed by atoms with Crippen LogP contribution in [0.5, 0.6) is 0 Å². The van der Waals surface area contributed by atoms with E-state index in [1.807, 2.05) is 0 Å². The maximum atomic E-state index is 10.5. The van der Waals surface area contributed by atoms with Gasteiger partial charge in [0.2, 0.25) is 0 Å². The summed E-state index contributed by atoms with van der Waals surface area (Å²) in [5.41, 5.74) is 1.21. The van der Waals surface area contributed by atoms with E-state index in [-0.39, 0.29) is 5.75 Å². The molecule has 1 aromatic heterocycles. The Bertz CT molecular complexity index is 379.